The molecule has 0 fully saturated rings. The number of nitriles is 1. The Kier molecular flexibility index (Phi) is 6.27. The van der Waals surface area contributed by atoms with Crippen molar-refractivity contribution in [2.24, 2.45) is 0 Å². The first-order chi connectivity index (χ1) is 14.0. The Morgan fingerprint density at radius 3 is 2.69 bits per heavy atom. The third-order valence-electron chi connectivity index (χ3n) is 4.17. The summed E-state index contributed by atoms with van der Waals surface area (Å²) < 4.78 is 5.17. The number of nitrogens with one attached hydrogen (secondary N) is 1. The van der Waals surface area contributed by atoms with E-state index in [-0.39, 0.29) is 18.5 Å². The van der Waals surface area contributed by atoms with E-state index in [1.54, 1.807) is 48.5 Å². The number of carbonyl (C=O) groups excluding carboxylic acids is 2. The molecule has 0 aliphatic carbocycles. The molecular weight excluding hydrogens is 394 g/mol. The second kappa shape index (κ2) is 9.04. The molecule has 3 rings (SSSR count). The molecule has 29 heavy (non-hydrogen) atoms. The molecule has 0 unspecified atom stereocenters. The molecule has 1 heterocycles. The van der Waals surface area contributed by atoms with E-state index in [1.165, 1.54) is 4.90 Å². The van der Waals surface area contributed by atoms with Gasteiger partial charge in [0.2, 0.25) is 5.56 Å². The van der Waals surface area contributed by atoms with E-state index in [9.17, 15) is 14.4 Å². The maximum atomic E-state index is 12.7. The van der Waals surface area contributed by atoms with E-state index in [0.717, 1.165) is 6.07 Å². The number of para-hydroxylation sites is 1. The van der Waals surface area contributed by atoms with Crippen LogP contribution < -0.4 is 10.5 Å². The number of amides is 1. The fourth-order valence-electron chi connectivity index (χ4n) is 2.86. The molecule has 0 aliphatic rings. The summed E-state index contributed by atoms with van der Waals surface area (Å²) in [6.07, 6.45) is 0.102. The van der Waals surface area contributed by atoms with Crippen LogP contribution in [0.25, 0.3) is 10.9 Å². The van der Waals surface area contributed by atoms with Gasteiger partial charge in [0.25, 0.3) is 5.91 Å². The van der Waals surface area contributed by atoms with Crippen LogP contribution in [0.3, 0.4) is 0 Å². The lowest BCUT2D eigenvalue weighted by atomic mass is 10.1. The summed E-state index contributed by atoms with van der Waals surface area (Å²) in [6.45, 7) is -0.418. The molecule has 1 N–H and O–H groups in total. The highest BCUT2D eigenvalue weighted by Crippen LogP contribution is 2.20. The largest absolute Gasteiger partial charge is 0.452 e. The minimum atomic E-state index is -0.785. The number of halogens is 1. The number of fused-ring (bicyclic) bond motifs is 1. The molecule has 0 atom stereocenters. The summed E-state index contributed by atoms with van der Waals surface area (Å²) in [5.74, 6) is -1.29. The molecule has 3 aromatic rings. The van der Waals surface area contributed by atoms with Crippen LogP contribution in [0.2, 0.25) is 5.02 Å². The number of carbonyl (C=O) groups is 2. The van der Waals surface area contributed by atoms with Crippen LogP contribution in [0.4, 0.5) is 5.69 Å². The van der Waals surface area contributed by atoms with Crippen molar-refractivity contribution >= 4 is 40.1 Å². The summed E-state index contributed by atoms with van der Waals surface area (Å²) >= 11 is 5.98. The van der Waals surface area contributed by atoms with Crippen molar-refractivity contribution in [3.8, 4) is 6.07 Å². The van der Waals surface area contributed by atoms with Gasteiger partial charge in [0, 0.05) is 34.2 Å². The Bertz CT molecular complexity index is 1170. The topological polar surface area (TPSA) is 103 Å². The van der Waals surface area contributed by atoms with Gasteiger partial charge < -0.3 is 14.6 Å². The van der Waals surface area contributed by atoms with E-state index in [0.29, 0.717) is 21.6 Å². The zero-order chi connectivity index (χ0) is 20.8. The number of aromatic nitrogens is 1. The van der Waals surface area contributed by atoms with Crippen LogP contribution in [0.15, 0.2) is 59.4 Å². The number of hydrogen-bond acceptors (Lipinski definition) is 5. The Balaban J connectivity index is 1.79. The molecule has 0 bridgehead atoms. The Morgan fingerprint density at radius 1 is 1.14 bits per heavy atom. The molecule has 7 nitrogen and oxygen atoms in total. The molecule has 0 spiro atoms. The second-order valence-corrected chi connectivity index (χ2v) is 6.54. The number of benzene rings is 2. The van der Waals surface area contributed by atoms with Crippen molar-refractivity contribution < 1.29 is 14.3 Å². The van der Waals surface area contributed by atoms with Gasteiger partial charge >= 0.3 is 5.97 Å². The zero-order valence-electron chi connectivity index (χ0n) is 15.2. The van der Waals surface area contributed by atoms with E-state index in [2.05, 4.69) is 4.98 Å². The number of anilines is 1. The van der Waals surface area contributed by atoms with E-state index in [1.807, 2.05) is 6.07 Å². The van der Waals surface area contributed by atoms with Gasteiger partial charge in [-0.1, -0.05) is 35.9 Å². The summed E-state index contributed by atoms with van der Waals surface area (Å²) in [4.78, 5) is 41.0. The van der Waals surface area contributed by atoms with Gasteiger partial charge in [-0.3, -0.25) is 9.59 Å². The Labute approximate surface area is 171 Å². The lowest BCUT2D eigenvalue weighted by Crippen LogP contribution is -2.35. The number of rotatable bonds is 6. The van der Waals surface area contributed by atoms with Gasteiger partial charge in [0.15, 0.2) is 6.61 Å². The van der Waals surface area contributed by atoms with E-state index >= 15 is 0 Å². The number of aromatic amines is 1. The number of H-pyrrole nitrogens is 1. The standard InChI is InChI=1S/C21H16ClN3O4/c22-14-5-3-6-15(11-14)25(10-4-9-23)20(27)13-29-21(28)17-12-19(26)24-18-8-2-1-7-16(17)18/h1-3,5-8,11-12H,4,10,13H2,(H,24,26). The van der Waals surface area contributed by atoms with Crippen LogP contribution in [-0.4, -0.2) is 30.0 Å². The fraction of sp³-hybridized carbons (Fsp3) is 0.143. The summed E-state index contributed by atoms with van der Waals surface area (Å²) in [5.41, 5.74) is 0.614. The van der Waals surface area contributed by atoms with Gasteiger partial charge in [0.05, 0.1) is 18.1 Å². The SMILES string of the molecule is N#CCCN(C(=O)COC(=O)c1cc(=O)[nH]c2ccccc12)c1cccc(Cl)c1. The molecule has 0 saturated carbocycles. The lowest BCUT2D eigenvalue weighted by Gasteiger charge is -2.22. The van der Waals surface area contributed by atoms with Crippen molar-refractivity contribution in [1.82, 2.24) is 4.98 Å². The van der Waals surface area contributed by atoms with Crippen LogP contribution >= 0.6 is 11.6 Å². The fourth-order valence-corrected chi connectivity index (χ4v) is 3.04. The average molecular weight is 410 g/mol. The van der Waals surface area contributed by atoms with Crippen LogP contribution in [-0.2, 0) is 9.53 Å². The van der Waals surface area contributed by atoms with Crippen molar-refractivity contribution in [2.45, 2.75) is 6.42 Å². The number of nitrogens with zero attached hydrogens (tertiary/aromatic N) is 2. The smallest absolute Gasteiger partial charge is 0.339 e. The maximum absolute atomic E-state index is 12.7. The monoisotopic (exact) mass is 409 g/mol. The van der Waals surface area contributed by atoms with Gasteiger partial charge in [-0.15, -0.1) is 0 Å². The average Bonchev–Trinajstić information content (AvgIpc) is 2.71. The Morgan fingerprint density at radius 2 is 1.93 bits per heavy atom. The number of ether oxygens (including phenoxy) is 1. The van der Waals surface area contributed by atoms with E-state index in [4.69, 9.17) is 21.6 Å². The molecule has 0 saturated heterocycles. The van der Waals surface area contributed by atoms with Crippen LogP contribution in [0.1, 0.15) is 16.8 Å². The summed E-state index contributed by atoms with van der Waals surface area (Å²) in [7, 11) is 0. The van der Waals surface area contributed by atoms with Crippen molar-refractivity contribution in [3.63, 3.8) is 0 Å². The minimum absolute atomic E-state index is 0.0727. The minimum Gasteiger partial charge on any atom is -0.452 e. The highest BCUT2D eigenvalue weighted by molar-refractivity contribution is 6.30. The van der Waals surface area contributed by atoms with E-state index < -0.39 is 24.0 Å². The predicted molar refractivity (Wildman–Crippen MR) is 109 cm³/mol. The van der Waals surface area contributed by atoms with Crippen LogP contribution in [0, 0.1) is 11.3 Å². The van der Waals surface area contributed by atoms with Crippen molar-refractivity contribution in [2.75, 3.05) is 18.1 Å². The molecular formula is C21H16ClN3O4. The molecule has 1 aromatic heterocycles. The quantitative estimate of drug-likeness (QED) is 0.629. The van der Waals surface area contributed by atoms with Gasteiger partial charge in [-0.05, 0) is 24.3 Å². The highest BCUT2D eigenvalue weighted by Gasteiger charge is 2.20. The summed E-state index contributed by atoms with van der Waals surface area (Å²) in [6, 6.07) is 16.5. The highest BCUT2D eigenvalue weighted by atomic mass is 35.5. The summed E-state index contributed by atoms with van der Waals surface area (Å²) in [5, 5.41) is 9.81. The molecule has 1 amide bonds. The van der Waals surface area contributed by atoms with Crippen molar-refractivity contribution in [3.05, 3.63) is 75.5 Å². The maximum Gasteiger partial charge on any atom is 0.339 e. The first kappa shape index (κ1) is 20.1. The van der Waals surface area contributed by atoms with Gasteiger partial charge in [-0.2, -0.15) is 5.26 Å². The molecule has 146 valence electrons. The molecule has 0 aliphatic heterocycles. The molecule has 0 radical (unpaired) electrons. The first-order valence-corrected chi connectivity index (χ1v) is 9.09. The molecule has 8 heteroatoms. The van der Waals surface area contributed by atoms with Gasteiger partial charge in [-0.25, -0.2) is 4.79 Å². The Hall–Kier alpha value is -3.63. The normalized spacial score (nSPS) is 10.3. The van der Waals surface area contributed by atoms with Crippen LogP contribution in [0.5, 0.6) is 0 Å². The number of pyridine rings is 1. The second-order valence-electron chi connectivity index (χ2n) is 6.10. The molecule has 2 aromatic carbocycles. The van der Waals surface area contributed by atoms with Gasteiger partial charge in [0.1, 0.15) is 0 Å². The third-order valence-corrected chi connectivity index (χ3v) is 4.40. The first-order valence-electron chi connectivity index (χ1n) is 8.71. The number of hydrogen-bond donors (Lipinski definition) is 1. The predicted octanol–water partition coefficient (Wildman–Crippen LogP) is 3.29. The zero-order valence-corrected chi connectivity index (χ0v) is 16.0. The number of esters is 1. The lowest BCUT2D eigenvalue weighted by molar-refractivity contribution is -0.121. The van der Waals surface area contributed by atoms with Crippen molar-refractivity contribution in [1.29, 1.82) is 5.26 Å². The third kappa shape index (κ3) is 4.81.